The highest BCUT2D eigenvalue weighted by molar-refractivity contribution is 6.33. The molecule has 0 atom stereocenters. The normalized spacial score (nSPS) is 11.3. The third-order valence-electron chi connectivity index (χ3n) is 2.47. The highest BCUT2D eigenvalue weighted by atomic mass is 35.5. The van der Waals surface area contributed by atoms with E-state index in [0.717, 1.165) is 6.07 Å². The number of halogens is 4. The molecule has 1 aromatic heterocycles. The van der Waals surface area contributed by atoms with Crippen LogP contribution in [0.1, 0.15) is 5.69 Å². The molecule has 0 spiro atoms. The van der Waals surface area contributed by atoms with Crippen LogP contribution < -0.4 is 15.8 Å². The zero-order valence-electron chi connectivity index (χ0n) is 10.7. The highest BCUT2D eigenvalue weighted by Crippen LogP contribution is 2.32. The van der Waals surface area contributed by atoms with E-state index in [1.54, 1.807) is 6.07 Å². The lowest BCUT2D eigenvalue weighted by Gasteiger charge is -2.12. The smallest absolute Gasteiger partial charge is 0.433 e. The number of nitrogens with one attached hydrogen (secondary N) is 1. The first kappa shape index (κ1) is 15.2. The lowest BCUT2D eigenvalue weighted by atomic mass is 10.3. The average Bonchev–Trinajstić information content (AvgIpc) is 2.39. The molecule has 1 aromatic carbocycles. The predicted molar refractivity (Wildman–Crippen MR) is 72.7 cm³/mol. The van der Waals surface area contributed by atoms with Gasteiger partial charge in [-0.15, -0.1) is 0 Å². The van der Waals surface area contributed by atoms with Crippen molar-refractivity contribution in [1.82, 2.24) is 9.97 Å². The number of hydrogen-bond donors (Lipinski definition) is 2. The fraction of sp³-hybridized carbons (Fsp3) is 0.167. The van der Waals surface area contributed by atoms with Gasteiger partial charge in [0, 0.05) is 12.1 Å². The Bertz CT molecular complexity index is 663. The van der Waals surface area contributed by atoms with Gasteiger partial charge in [0.15, 0.2) is 5.69 Å². The van der Waals surface area contributed by atoms with E-state index in [9.17, 15) is 13.2 Å². The van der Waals surface area contributed by atoms with Gasteiger partial charge in [-0.1, -0.05) is 11.6 Å². The van der Waals surface area contributed by atoms with Crippen molar-refractivity contribution < 1.29 is 17.9 Å². The third-order valence-corrected chi connectivity index (χ3v) is 2.80. The molecular formula is C12H10ClF3N4O. The molecule has 1 heterocycles. The second-order valence-electron chi connectivity index (χ2n) is 3.97. The number of hydrogen-bond acceptors (Lipinski definition) is 5. The van der Waals surface area contributed by atoms with Gasteiger partial charge in [-0.3, -0.25) is 0 Å². The van der Waals surface area contributed by atoms with E-state index in [-0.39, 0.29) is 5.82 Å². The summed E-state index contributed by atoms with van der Waals surface area (Å²) in [4.78, 5) is 6.84. The van der Waals surface area contributed by atoms with E-state index in [1.807, 2.05) is 0 Å². The first-order chi connectivity index (χ1) is 9.79. The molecule has 0 saturated carbocycles. The summed E-state index contributed by atoms with van der Waals surface area (Å²) < 4.78 is 43.0. The molecule has 5 nitrogen and oxygen atoms in total. The summed E-state index contributed by atoms with van der Waals surface area (Å²) in [5.41, 5.74) is 4.48. The molecular weight excluding hydrogens is 309 g/mol. The van der Waals surface area contributed by atoms with Gasteiger partial charge in [0.1, 0.15) is 11.6 Å². The maximum Gasteiger partial charge on any atom is 0.433 e. The van der Waals surface area contributed by atoms with Crippen LogP contribution in [-0.2, 0) is 6.18 Å². The second-order valence-corrected chi connectivity index (χ2v) is 4.37. The zero-order chi connectivity index (χ0) is 15.6. The Labute approximate surface area is 122 Å². The number of alkyl halides is 3. The molecule has 0 fully saturated rings. The van der Waals surface area contributed by atoms with Crippen LogP contribution in [0.25, 0.3) is 0 Å². The summed E-state index contributed by atoms with van der Waals surface area (Å²) in [6.45, 7) is 0. The highest BCUT2D eigenvalue weighted by Gasteiger charge is 2.33. The molecule has 0 bridgehead atoms. The SMILES string of the molecule is COc1ccc(Cl)c(Nc2cc(C(F)(F)F)nc(N)n2)c1. The van der Waals surface area contributed by atoms with Gasteiger partial charge in [-0.2, -0.15) is 18.2 Å². The van der Waals surface area contributed by atoms with Crippen molar-refractivity contribution in [2.24, 2.45) is 0 Å². The van der Waals surface area contributed by atoms with E-state index in [0.29, 0.717) is 16.5 Å². The van der Waals surface area contributed by atoms with E-state index in [4.69, 9.17) is 22.1 Å². The number of nitrogen functional groups attached to an aromatic ring is 1. The molecule has 0 saturated heterocycles. The number of benzene rings is 1. The maximum absolute atomic E-state index is 12.7. The number of ether oxygens (including phenoxy) is 1. The Hall–Kier alpha value is -2.22. The minimum absolute atomic E-state index is 0.120. The van der Waals surface area contributed by atoms with Crippen LogP contribution in [0, 0.1) is 0 Å². The fourth-order valence-electron chi connectivity index (χ4n) is 1.54. The molecule has 9 heteroatoms. The van der Waals surface area contributed by atoms with Gasteiger partial charge < -0.3 is 15.8 Å². The quantitative estimate of drug-likeness (QED) is 0.906. The Morgan fingerprint density at radius 3 is 2.57 bits per heavy atom. The largest absolute Gasteiger partial charge is 0.497 e. The van der Waals surface area contributed by atoms with Crippen LogP contribution in [-0.4, -0.2) is 17.1 Å². The van der Waals surface area contributed by atoms with Gasteiger partial charge >= 0.3 is 6.18 Å². The minimum Gasteiger partial charge on any atom is -0.497 e. The monoisotopic (exact) mass is 318 g/mol. The van der Waals surface area contributed by atoms with Gasteiger partial charge in [0.05, 0.1) is 17.8 Å². The number of rotatable bonds is 3. The molecule has 0 radical (unpaired) electrons. The second kappa shape index (κ2) is 5.65. The summed E-state index contributed by atoms with van der Waals surface area (Å²) in [5.74, 6) is -0.128. The van der Waals surface area contributed by atoms with Crippen LogP contribution in [0.4, 0.5) is 30.6 Å². The lowest BCUT2D eigenvalue weighted by Crippen LogP contribution is -2.12. The number of anilines is 3. The van der Waals surface area contributed by atoms with Crippen LogP contribution >= 0.6 is 11.6 Å². The Morgan fingerprint density at radius 1 is 1.24 bits per heavy atom. The first-order valence-electron chi connectivity index (χ1n) is 5.62. The summed E-state index contributed by atoms with van der Waals surface area (Å²) >= 11 is 5.96. The van der Waals surface area contributed by atoms with Crippen molar-refractivity contribution in [1.29, 1.82) is 0 Å². The molecule has 0 aliphatic carbocycles. The van der Waals surface area contributed by atoms with Crippen LogP contribution in [0.3, 0.4) is 0 Å². The maximum atomic E-state index is 12.7. The van der Waals surface area contributed by atoms with E-state index in [1.165, 1.54) is 19.2 Å². The molecule has 112 valence electrons. The van der Waals surface area contributed by atoms with Gasteiger partial charge in [-0.05, 0) is 12.1 Å². The van der Waals surface area contributed by atoms with Crippen molar-refractivity contribution in [3.63, 3.8) is 0 Å². The Balaban J connectivity index is 2.38. The minimum atomic E-state index is -4.62. The molecule has 21 heavy (non-hydrogen) atoms. The summed E-state index contributed by atoms with van der Waals surface area (Å²) in [5, 5.41) is 2.95. The van der Waals surface area contributed by atoms with Crippen LogP contribution in [0.5, 0.6) is 5.75 Å². The molecule has 2 aromatic rings. The van der Waals surface area contributed by atoms with Crippen molar-refractivity contribution in [2.45, 2.75) is 6.18 Å². The van der Waals surface area contributed by atoms with Crippen molar-refractivity contribution in [3.8, 4) is 5.75 Å². The predicted octanol–water partition coefficient (Wildman–Crippen LogP) is 3.48. The molecule has 0 aliphatic rings. The molecule has 3 N–H and O–H groups in total. The number of methoxy groups -OCH3 is 1. The fourth-order valence-corrected chi connectivity index (χ4v) is 1.71. The summed E-state index contributed by atoms with van der Waals surface area (Å²) in [7, 11) is 1.46. The lowest BCUT2D eigenvalue weighted by molar-refractivity contribution is -0.141. The Morgan fingerprint density at radius 2 is 1.95 bits per heavy atom. The molecule has 2 rings (SSSR count). The molecule has 0 unspecified atom stereocenters. The summed E-state index contributed by atoms with van der Waals surface area (Å²) in [6, 6.07) is 5.42. The van der Waals surface area contributed by atoms with Gasteiger partial charge in [0.25, 0.3) is 0 Å². The zero-order valence-corrected chi connectivity index (χ0v) is 11.5. The number of nitrogens with two attached hydrogens (primary N) is 1. The molecule has 0 aliphatic heterocycles. The van der Waals surface area contributed by atoms with Crippen molar-refractivity contribution >= 4 is 29.1 Å². The van der Waals surface area contributed by atoms with E-state index < -0.39 is 17.8 Å². The number of nitrogens with zero attached hydrogens (tertiary/aromatic N) is 2. The van der Waals surface area contributed by atoms with Gasteiger partial charge in [0.2, 0.25) is 5.95 Å². The average molecular weight is 319 g/mol. The van der Waals surface area contributed by atoms with E-state index >= 15 is 0 Å². The van der Waals surface area contributed by atoms with Crippen molar-refractivity contribution in [3.05, 3.63) is 35.0 Å². The topological polar surface area (TPSA) is 73.1 Å². The van der Waals surface area contributed by atoms with Crippen LogP contribution in [0.2, 0.25) is 5.02 Å². The standard InChI is InChI=1S/C12H10ClF3N4O/c1-21-6-2-3-7(13)8(4-6)18-10-5-9(12(14,15)16)19-11(17)20-10/h2-5H,1H3,(H3,17,18,19,20). The van der Waals surface area contributed by atoms with Crippen molar-refractivity contribution in [2.75, 3.05) is 18.2 Å². The first-order valence-corrected chi connectivity index (χ1v) is 5.99. The Kier molecular flexibility index (Phi) is 4.08. The van der Waals surface area contributed by atoms with Gasteiger partial charge in [-0.25, -0.2) is 4.98 Å². The molecule has 0 amide bonds. The third kappa shape index (κ3) is 3.66. The summed E-state index contributed by atoms with van der Waals surface area (Å²) in [6.07, 6.45) is -4.62. The van der Waals surface area contributed by atoms with Crippen LogP contribution in [0.15, 0.2) is 24.3 Å². The number of aromatic nitrogens is 2. The van der Waals surface area contributed by atoms with E-state index in [2.05, 4.69) is 15.3 Å².